The lowest BCUT2D eigenvalue weighted by atomic mass is 10.1. The van der Waals surface area contributed by atoms with Crippen molar-refractivity contribution in [2.45, 2.75) is 83.9 Å². The summed E-state index contributed by atoms with van der Waals surface area (Å²) in [5, 5.41) is 11.4. The highest BCUT2D eigenvalue weighted by atomic mass is 32.2. The summed E-state index contributed by atoms with van der Waals surface area (Å²) >= 11 is 1.27. The molecule has 1 unspecified atom stereocenters. The van der Waals surface area contributed by atoms with Crippen LogP contribution in [0.1, 0.15) is 79.1 Å². The zero-order chi connectivity index (χ0) is 17.4. The van der Waals surface area contributed by atoms with Crippen molar-refractivity contribution in [3.8, 4) is 5.40 Å². The molecular formula is C17H35NO3SSi. The lowest BCUT2D eigenvalue weighted by Crippen LogP contribution is -2.55. The Balaban J connectivity index is 4.53. The largest absolute Gasteiger partial charge is 0.515 e. The highest BCUT2D eigenvalue weighted by molar-refractivity contribution is 8.05. The number of rotatable bonds is 16. The summed E-state index contributed by atoms with van der Waals surface area (Å²) in [4.78, 5) is 0.0167. The summed E-state index contributed by atoms with van der Waals surface area (Å²) in [6.07, 6.45) is 9.79. The van der Waals surface area contributed by atoms with Gasteiger partial charge in [-0.3, -0.25) is 0 Å². The molecule has 1 atom stereocenters. The Hall–Kier alpha value is -0.0631. The Labute approximate surface area is 148 Å². The number of thioether (sulfide) groups is 1. The second kappa shape index (κ2) is 15.5. The van der Waals surface area contributed by atoms with Gasteiger partial charge in [0.1, 0.15) is 5.40 Å². The van der Waals surface area contributed by atoms with E-state index in [9.17, 15) is 5.26 Å². The molecule has 0 spiro atoms. The molecule has 0 aliphatic rings. The molecule has 0 radical (unpaired) electrons. The summed E-state index contributed by atoms with van der Waals surface area (Å²) in [7, 11) is -2.79. The van der Waals surface area contributed by atoms with E-state index in [4.69, 9.17) is 13.3 Å². The lowest BCUT2D eigenvalue weighted by Gasteiger charge is -2.33. The van der Waals surface area contributed by atoms with Gasteiger partial charge in [-0.05, 0) is 39.0 Å². The smallest absolute Gasteiger partial charge is 0.373 e. The fourth-order valence-electron chi connectivity index (χ4n) is 2.67. The topological polar surface area (TPSA) is 51.5 Å². The molecule has 23 heavy (non-hydrogen) atoms. The molecule has 0 aromatic carbocycles. The van der Waals surface area contributed by atoms with Crippen molar-refractivity contribution in [1.82, 2.24) is 0 Å². The number of thiocyanates is 1. The van der Waals surface area contributed by atoms with E-state index in [-0.39, 0.29) is 4.87 Å². The van der Waals surface area contributed by atoms with Crippen LogP contribution in [0.3, 0.4) is 0 Å². The molecule has 136 valence electrons. The van der Waals surface area contributed by atoms with E-state index in [0.29, 0.717) is 19.8 Å². The summed E-state index contributed by atoms with van der Waals surface area (Å²) in [6, 6.07) is 0. The molecule has 0 aromatic rings. The van der Waals surface area contributed by atoms with E-state index in [1.54, 1.807) is 0 Å². The van der Waals surface area contributed by atoms with E-state index in [2.05, 4.69) is 12.3 Å². The first-order valence-electron chi connectivity index (χ1n) is 9.17. The summed E-state index contributed by atoms with van der Waals surface area (Å²) in [5.74, 6) is 0. The van der Waals surface area contributed by atoms with Gasteiger partial charge in [-0.25, -0.2) is 0 Å². The highest BCUT2D eigenvalue weighted by Crippen LogP contribution is 2.30. The van der Waals surface area contributed by atoms with Crippen LogP contribution in [0.25, 0.3) is 0 Å². The zero-order valence-corrected chi connectivity index (χ0v) is 17.3. The fourth-order valence-corrected chi connectivity index (χ4v) is 7.00. The Bertz CT molecular complexity index is 296. The van der Waals surface area contributed by atoms with Crippen molar-refractivity contribution in [3.05, 3.63) is 0 Å². The maximum atomic E-state index is 9.17. The maximum absolute atomic E-state index is 9.17. The summed E-state index contributed by atoms with van der Waals surface area (Å²) < 4.78 is 17.9. The number of hydrogen-bond acceptors (Lipinski definition) is 5. The number of hydrogen-bond donors (Lipinski definition) is 0. The van der Waals surface area contributed by atoms with Crippen molar-refractivity contribution in [3.63, 3.8) is 0 Å². The first-order valence-corrected chi connectivity index (χ1v) is 11.8. The van der Waals surface area contributed by atoms with Crippen LogP contribution >= 0.6 is 11.8 Å². The third kappa shape index (κ3) is 9.73. The van der Waals surface area contributed by atoms with Gasteiger partial charge in [0, 0.05) is 19.8 Å². The quantitative estimate of drug-likeness (QED) is 0.212. The lowest BCUT2D eigenvalue weighted by molar-refractivity contribution is 0.0687. The fraction of sp³-hybridized carbons (Fsp3) is 0.941. The van der Waals surface area contributed by atoms with Gasteiger partial charge >= 0.3 is 8.80 Å². The standard InChI is InChI=1S/C17H35NO3SSi/c1-5-9-10-11-12-13-14-15-17(22-16-18)23(19-6-2,20-7-3)21-8-4/h17H,5-15H2,1-4H3. The van der Waals surface area contributed by atoms with Gasteiger partial charge in [0.2, 0.25) is 0 Å². The Kier molecular flexibility index (Phi) is 15.4. The van der Waals surface area contributed by atoms with Crippen LogP contribution in [0, 0.1) is 10.7 Å². The second-order valence-electron chi connectivity index (χ2n) is 5.51. The maximum Gasteiger partial charge on any atom is 0.515 e. The zero-order valence-electron chi connectivity index (χ0n) is 15.4. The van der Waals surface area contributed by atoms with Crippen molar-refractivity contribution < 1.29 is 13.3 Å². The monoisotopic (exact) mass is 361 g/mol. The second-order valence-corrected chi connectivity index (χ2v) is 9.69. The van der Waals surface area contributed by atoms with Gasteiger partial charge in [0.25, 0.3) is 0 Å². The molecule has 6 heteroatoms. The molecule has 0 amide bonds. The Morgan fingerprint density at radius 2 is 1.30 bits per heavy atom. The van der Waals surface area contributed by atoms with Gasteiger partial charge in [0.05, 0.1) is 4.87 Å². The van der Waals surface area contributed by atoms with Crippen LogP contribution in [0.2, 0.25) is 0 Å². The SMILES string of the molecule is CCCCCCCCCC(SC#N)[Si](OCC)(OCC)OCC. The third-order valence-electron chi connectivity index (χ3n) is 3.70. The predicted molar refractivity (Wildman–Crippen MR) is 100 cm³/mol. The molecule has 0 heterocycles. The van der Waals surface area contributed by atoms with Crippen molar-refractivity contribution in [2.75, 3.05) is 19.8 Å². The molecule has 0 N–H and O–H groups in total. The Morgan fingerprint density at radius 3 is 1.74 bits per heavy atom. The van der Waals surface area contributed by atoms with Gasteiger partial charge in [-0.15, -0.1) is 0 Å². The number of nitrogens with zero attached hydrogens (tertiary/aromatic N) is 1. The van der Waals surface area contributed by atoms with Gasteiger partial charge < -0.3 is 13.3 Å². The summed E-state index contributed by atoms with van der Waals surface area (Å²) in [5.41, 5.74) is 0. The number of unbranched alkanes of at least 4 members (excludes halogenated alkanes) is 6. The first kappa shape index (κ1) is 22.9. The van der Waals surface area contributed by atoms with Gasteiger partial charge in [-0.1, -0.05) is 51.9 Å². The summed E-state index contributed by atoms with van der Waals surface area (Å²) in [6.45, 7) is 9.80. The van der Waals surface area contributed by atoms with Crippen LogP contribution in [0.4, 0.5) is 0 Å². The molecule has 0 fully saturated rings. The average molecular weight is 362 g/mol. The Morgan fingerprint density at radius 1 is 0.826 bits per heavy atom. The van der Waals surface area contributed by atoms with Crippen LogP contribution in [-0.2, 0) is 13.3 Å². The molecule has 0 aliphatic heterocycles. The molecule has 0 rings (SSSR count). The average Bonchev–Trinajstić information content (AvgIpc) is 2.53. The third-order valence-corrected chi connectivity index (χ3v) is 8.69. The van der Waals surface area contributed by atoms with Gasteiger partial charge in [0.15, 0.2) is 0 Å². The van der Waals surface area contributed by atoms with Crippen molar-refractivity contribution in [2.24, 2.45) is 0 Å². The molecule has 4 nitrogen and oxygen atoms in total. The van der Waals surface area contributed by atoms with E-state index >= 15 is 0 Å². The minimum Gasteiger partial charge on any atom is -0.373 e. The first-order chi connectivity index (χ1) is 11.2. The molecule has 0 aliphatic carbocycles. The highest BCUT2D eigenvalue weighted by Gasteiger charge is 2.49. The minimum absolute atomic E-state index is 0.0167. The molecular weight excluding hydrogens is 326 g/mol. The molecule has 0 saturated carbocycles. The van der Waals surface area contributed by atoms with Gasteiger partial charge in [-0.2, -0.15) is 5.26 Å². The minimum atomic E-state index is -2.79. The molecule has 0 saturated heterocycles. The number of nitriles is 1. The van der Waals surface area contributed by atoms with Crippen LogP contribution in [-0.4, -0.2) is 33.5 Å². The van der Waals surface area contributed by atoms with E-state index in [1.807, 2.05) is 20.8 Å². The van der Waals surface area contributed by atoms with E-state index < -0.39 is 8.80 Å². The molecule has 0 bridgehead atoms. The normalized spacial score (nSPS) is 13.0. The van der Waals surface area contributed by atoms with Crippen LogP contribution in [0.5, 0.6) is 0 Å². The van der Waals surface area contributed by atoms with Crippen molar-refractivity contribution >= 4 is 20.6 Å². The molecule has 0 aromatic heterocycles. The van der Waals surface area contributed by atoms with E-state index in [1.165, 1.54) is 50.3 Å². The van der Waals surface area contributed by atoms with Crippen molar-refractivity contribution in [1.29, 1.82) is 5.26 Å². The van der Waals surface area contributed by atoms with E-state index in [0.717, 1.165) is 12.8 Å². The van der Waals surface area contributed by atoms with Crippen LogP contribution < -0.4 is 0 Å². The van der Waals surface area contributed by atoms with Crippen LogP contribution in [0.15, 0.2) is 0 Å². The predicted octanol–water partition coefficient (Wildman–Crippen LogP) is 5.30.